The third kappa shape index (κ3) is 7.67. The van der Waals surface area contributed by atoms with Gasteiger partial charge in [0.05, 0.1) is 6.61 Å². The van der Waals surface area contributed by atoms with Crippen LogP contribution in [-0.2, 0) is 16.1 Å². The summed E-state index contributed by atoms with van der Waals surface area (Å²) in [5, 5.41) is 2.76. The van der Waals surface area contributed by atoms with Gasteiger partial charge in [0.1, 0.15) is 6.10 Å². The fourth-order valence-corrected chi connectivity index (χ4v) is 2.74. The highest BCUT2D eigenvalue weighted by Crippen LogP contribution is 2.14. The van der Waals surface area contributed by atoms with Crippen molar-refractivity contribution < 1.29 is 14.3 Å². The summed E-state index contributed by atoms with van der Waals surface area (Å²) < 4.78 is 11.6. The van der Waals surface area contributed by atoms with Gasteiger partial charge >= 0.3 is 0 Å². The summed E-state index contributed by atoms with van der Waals surface area (Å²) in [5.74, 6) is 0.568. The second-order valence-corrected chi connectivity index (χ2v) is 6.29. The van der Waals surface area contributed by atoms with Gasteiger partial charge < -0.3 is 14.8 Å². The Morgan fingerprint density at radius 1 is 1.48 bits per heavy atom. The highest BCUT2D eigenvalue weighted by molar-refractivity contribution is 5.72. The van der Waals surface area contributed by atoms with E-state index >= 15 is 0 Å². The number of carbonyl (C=O) groups is 1. The summed E-state index contributed by atoms with van der Waals surface area (Å²) in [6, 6.07) is 3.80. The second-order valence-electron chi connectivity index (χ2n) is 6.29. The molecular formula is C19H29N3O3. The molecule has 0 aliphatic carbocycles. The van der Waals surface area contributed by atoms with Crippen LogP contribution in [0.1, 0.15) is 31.7 Å². The highest BCUT2D eigenvalue weighted by Gasteiger charge is 2.17. The molecule has 2 heterocycles. The number of hydrogen-bond donors (Lipinski definition) is 1. The maximum Gasteiger partial charge on any atom is 0.217 e. The first-order valence-corrected chi connectivity index (χ1v) is 8.94. The standard InChI is InChI=1S/C19H29N3O3/c1-3-4-6-18(15-22-9-5-11-24-12-10-22)25-19-8-7-17(14-21-19)13-20-16(2)23/h3,7-8,14,18H,1,4-6,9-13,15H2,2H3,(H,20,23)/t18-/m0/s1. The molecule has 2 rings (SSSR count). The molecule has 0 bridgehead atoms. The second kappa shape index (κ2) is 10.8. The fraction of sp³-hybridized carbons (Fsp3) is 0.579. The van der Waals surface area contributed by atoms with Crippen molar-refractivity contribution >= 4 is 5.91 Å². The third-order valence-corrected chi connectivity index (χ3v) is 4.10. The SMILES string of the molecule is C=CCC[C@@H](CN1CCCOCC1)Oc1ccc(CNC(C)=O)cn1. The van der Waals surface area contributed by atoms with Crippen molar-refractivity contribution in [3.8, 4) is 5.88 Å². The van der Waals surface area contributed by atoms with Gasteiger partial charge in [-0.3, -0.25) is 9.69 Å². The molecule has 0 saturated carbocycles. The number of hydrogen-bond acceptors (Lipinski definition) is 5. The van der Waals surface area contributed by atoms with E-state index in [1.165, 1.54) is 6.92 Å². The summed E-state index contributed by atoms with van der Waals surface area (Å²) in [6.07, 6.45) is 6.63. The van der Waals surface area contributed by atoms with E-state index in [9.17, 15) is 4.79 Å². The predicted octanol–water partition coefficient (Wildman–Crippen LogP) is 2.15. The lowest BCUT2D eigenvalue weighted by atomic mass is 10.1. The van der Waals surface area contributed by atoms with E-state index in [1.807, 2.05) is 18.2 Å². The average molecular weight is 347 g/mol. The average Bonchev–Trinajstić information content (AvgIpc) is 2.87. The van der Waals surface area contributed by atoms with E-state index in [-0.39, 0.29) is 12.0 Å². The van der Waals surface area contributed by atoms with Crippen LogP contribution < -0.4 is 10.1 Å². The number of amides is 1. The largest absolute Gasteiger partial charge is 0.473 e. The molecule has 1 fully saturated rings. The predicted molar refractivity (Wildman–Crippen MR) is 97.5 cm³/mol. The molecule has 0 aromatic carbocycles. The Bertz CT molecular complexity index is 525. The molecule has 138 valence electrons. The Kier molecular flexibility index (Phi) is 8.42. The van der Waals surface area contributed by atoms with E-state index in [1.54, 1.807) is 6.20 Å². The molecule has 1 N–H and O–H groups in total. The number of aromatic nitrogens is 1. The lowest BCUT2D eigenvalue weighted by molar-refractivity contribution is -0.119. The van der Waals surface area contributed by atoms with E-state index in [4.69, 9.17) is 9.47 Å². The minimum atomic E-state index is -0.0498. The number of ether oxygens (including phenoxy) is 2. The molecule has 1 aliphatic rings. The van der Waals surface area contributed by atoms with Crippen LogP contribution in [0.25, 0.3) is 0 Å². The lowest BCUT2D eigenvalue weighted by Crippen LogP contribution is -2.37. The van der Waals surface area contributed by atoms with Crippen molar-refractivity contribution in [1.29, 1.82) is 0 Å². The van der Waals surface area contributed by atoms with Gasteiger partial charge in [-0.15, -0.1) is 6.58 Å². The summed E-state index contributed by atoms with van der Waals surface area (Å²) in [4.78, 5) is 17.7. The molecule has 1 aromatic rings. The van der Waals surface area contributed by atoms with Gasteiger partial charge in [-0.05, 0) is 24.8 Å². The highest BCUT2D eigenvalue weighted by atomic mass is 16.5. The van der Waals surface area contributed by atoms with Gasteiger partial charge in [0.25, 0.3) is 0 Å². The maximum absolute atomic E-state index is 11.0. The summed E-state index contributed by atoms with van der Waals surface area (Å²) in [7, 11) is 0. The molecule has 25 heavy (non-hydrogen) atoms. The van der Waals surface area contributed by atoms with Gasteiger partial charge in [-0.25, -0.2) is 4.98 Å². The Morgan fingerprint density at radius 3 is 3.08 bits per heavy atom. The van der Waals surface area contributed by atoms with Crippen molar-refractivity contribution in [2.24, 2.45) is 0 Å². The van der Waals surface area contributed by atoms with E-state index < -0.39 is 0 Å². The molecule has 1 atom stereocenters. The Labute approximate surface area is 150 Å². The number of nitrogens with zero attached hydrogens (tertiary/aromatic N) is 2. The molecule has 1 aromatic heterocycles. The van der Waals surface area contributed by atoms with E-state index in [0.717, 1.165) is 57.7 Å². The van der Waals surface area contributed by atoms with Gasteiger partial charge in [0.15, 0.2) is 0 Å². The molecule has 1 saturated heterocycles. The van der Waals surface area contributed by atoms with Crippen molar-refractivity contribution in [3.63, 3.8) is 0 Å². The first-order valence-electron chi connectivity index (χ1n) is 8.94. The minimum Gasteiger partial charge on any atom is -0.473 e. The van der Waals surface area contributed by atoms with Gasteiger partial charge in [-0.1, -0.05) is 12.1 Å². The van der Waals surface area contributed by atoms with Crippen molar-refractivity contribution in [2.45, 2.75) is 38.8 Å². The molecule has 6 nitrogen and oxygen atoms in total. The molecule has 0 spiro atoms. The number of nitrogens with one attached hydrogen (secondary N) is 1. The smallest absolute Gasteiger partial charge is 0.217 e. The third-order valence-electron chi connectivity index (χ3n) is 4.10. The van der Waals surface area contributed by atoms with Crippen molar-refractivity contribution in [1.82, 2.24) is 15.2 Å². The monoisotopic (exact) mass is 347 g/mol. The number of pyridine rings is 1. The lowest BCUT2D eigenvalue weighted by Gasteiger charge is -2.26. The normalized spacial score (nSPS) is 16.7. The van der Waals surface area contributed by atoms with Crippen LogP contribution >= 0.6 is 0 Å². The molecular weight excluding hydrogens is 318 g/mol. The summed E-state index contributed by atoms with van der Waals surface area (Å²) in [5.41, 5.74) is 0.954. The van der Waals surface area contributed by atoms with Gasteiger partial charge in [-0.2, -0.15) is 0 Å². The van der Waals surface area contributed by atoms with Crippen molar-refractivity contribution in [2.75, 3.05) is 32.8 Å². The van der Waals surface area contributed by atoms with Gasteiger partial charge in [0, 0.05) is 52.0 Å². The summed E-state index contributed by atoms with van der Waals surface area (Å²) >= 11 is 0. The van der Waals surface area contributed by atoms with Crippen LogP contribution in [0, 0.1) is 0 Å². The fourth-order valence-electron chi connectivity index (χ4n) is 2.74. The van der Waals surface area contributed by atoms with E-state index in [2.05, 4.69) is 21.8 Å². The zero-order valence-corrected chi connectivity index (χ0v) is 15.1. The van der Waals surface area contributed by atoms with Crippen LogP contribution in [0.5, 0.6) is 5.88 Å². The number of allylic oxidation sites excluding steroid dienone is 1. The van der Waals surface area contributed by atoms with Crippen LogP contribution in [0.4, 0.5) is 0 Å². The first kappa shape index (κ1) is 19.4. The topological polar surface area (TPSA) is 63.7 Å². The zero-order valence-electron chi connectivity index (χ0n) is 15.1. The summed E-state index contributed by atoms with van der Waals surface area (Å²) in [6.45, 7) is 10.3. The van der Waals surface area contributed by atoms with Crippen LogP contribution in [0.3, 0.4) is 0 Å². The molecule has 6 heteroatoms. The Hall–Kier alpha value is -1.92. The van der Waals surface area contributed by atoms with Crippen molar-refractivity contribution in [3.05, 3.63) is 36.5 Å². The number of carbonyl (C=O) groups excluding carboxylic acids is 1. The number of rotatable bonds is 9. The zero-order chi connectivity index (χ0) is 17.9. The first-order chi connectivity index (χ1) is 12.2. The maximum atomic E-state index is 11.0. The van der Waals surface area contributed by atoms with E-state index in [0.29, 0.717) is 12.4 Å². The van der Waals surface area contributed by atoms with Crippen LogP contribution in [0.15, 0.2) is 31.0 Å². The van der Waals surface area contributed by atoms with Crippen LogP contribution in [0.2, 0.25) is 0 Å². The van der Waals surface area contributed by atoms with Crippen LogP contribution in [-0.4, -0.2) is 54.7 Å². The quantitative estimate of drug-likeness (QED) is 0.694. The molecule has 0 unspecified atom stereocenters. The molecule has 0 radical (unpaired) electrons. The molecule has 1 amide bonds. The Morgan fingerprint density at radius 2 is 2.36 bits per heavy atom. The minimum absolute atomic E-state index is 0.0498. The Balaban J connectivity index is 1.90. The van der Waals surface area contributed by atoms with Gasteiger partial charge in [0.2, 0.25) is 11.8 Å². The molecule has 1 aliphatic heterocycles.